The van der Waals surface area contributed by atoms with Crippen LogP contribution in [0, 0.1) is 0 Å². The highest BCUT2D eigenvalue weighted by Crippen LogP contribution is 2.49. The molecular formula is C26H40O6Si. The third-order valence-corrected chi connectivity index (χ3v) is 6.85. The summed E-state index contributed by atoms with van der Waals surface area (Å²) in [5.74, 6) is -0.582. The van der Waals surface area contributed by atoms with E-state index in [1.807, 2.05) is 27.7 Å². The van der Waals surface area contributed by atoms with Gasteiger partial charge in [0.1, 0.15) is 16.8 Å². The molecule has 6 nitrogen and oxygen atoms in total. The summed E-state index contributed by atoms with van der Waals surface area (Å²) in [5, 5.41) is 0. The van der Waals surface area contributed by atoms with Crippen molar-refractivity contribution in [2.75, 3.05) is 6.61 Å². The SMILES string of the molecule is C=CC(C)(C)Oc1c(COCC[Si](C)(C)C)cc2c(c1OC(C)(C)C=C)OC(C)(C)OC2=O. The van der Waals surface area contributed by atoms with Gasteiger partial charge in [-0.05, 0) is 52.0 Å². The van der Waals surface area contributed by atoms with Crippen LogP contribution in [0.2, 0.25) is 25.7 Å². The van der Waals surface area contributed by atoms with E-state index in [1.165, 1.54) is 0 Å². The number of hydrogen-bond acceptors (Lipinski definition) is 6. The van der Waals surface area contributed by atoms with Gasteiger partial charge in [0.2, 0.25) is 11.5 Å². The number of ether oxygens (including phenoxy) is 5. The molecule has 7 heteroatoms. The van der Waals surface area contributed by atoms with Crippen LogP contribution in [-0.2, 0) is 16.1 Å². The molecule has 0 saturated carbocycles. The zero-order chi connectivity index (χ0) is 25.2. The minimum absolute atomic E-state index is 0.252. The van der Waals surface area contributed by atoms with Crippen molar-refractivity contribution in [3.05, 3.63) is 42.5 Å². The number of cyclic esters (lactones) is 1. The Morgan fingerprint density at radius 2 is 1.55 bits per heavy atom. The van der Waals surface area contributed by atoms with Gasteiger partial charge < -0.3 is 23.7 Å². The molecule has 0 N–H and O–H groups in total. The van der Waals surface area contributed by atoms with Gasteiger partial charge in [-0.3, -0.25) is 0 Å². The molecule has 0 atom stereocenters. The standard InChI is InChI=1S/C26H40O6Si/c1-12-24(3,4)29-20-18(17-28-14-15-33(9,10)11)16-19-21(22(20)30-25(5,6)13-2)31-26(7,8)32-23(19)27/h12-13,16H,1-2,14-15,17H2,3-11H3. The van der Waals surface area contributed by atoms with E-state index in [9.17, 15) is 4.79 Å². The highest BCUT2D eigenvalue weighted by Gasteiger charge is 2.40. The minimum atomic E-state index is -1.25. The predicted molar refractivity (Wildman–Crippen MR) is 134 cm³/mol. The van der Waals surface area contributed by atoms with Crippen LogP contribution in [-0.4, -0.2) is 37.6 Å². The van der Waals surface area contributed by atoms with Gasteiger partial charge in [0.05, 0.1) is 6.61 Å². The topological polar surface area (TPSA) is 63.2 Å². The highest BCUT2D eigenvalue weighted by atomic mass is 28.3. The summed E-state index contributed by atoms with van der Waals surface area (Å²) < 4.78 is 30.3. The Balaban J connectivity index is 2.66. The van der Waals surface area contributed by atoms with Crippen LogP contribution in [0.5, 0.6) is 17.2 Å². The summed E-state index contributed by atoms with van der Waals surface area (Å²) in [5.41, 5.74) is -0.509. The van der Waals surface area contributed by atoms with E-state index in [1.54, 1.807) is 32.1 Å². The lowest BCUT2D eigenvalue weighted by Gasteiger charge is -2.36. The van der Waals surface area contributed by atoms with E-state index < -0.39 is 31.0 Å². The summed E-state index contributed by atoms with van der Waals surface area (Å²) in [6, 6.07) is 2.74. The lowest BCUT2D eigenvalue weighted by Crippen LogP contribution is -2.40. The van der Waals surface area contributed by atoms with Gasteiger partial charge in [-0.2, -0.15) is 0 Å². The van der Waals surface area contributed by atoms with Crippen LogP contribution in [0.15, 0.2) is 31.4 Å². The second kappa shape index (κ2) is 9.55. The molecule has 0 bridgehead atoms. The zero-order valence-electron chi connectivity index (χ0n) is 21.7. The predicted octanol–water partition coefficient (Wildman–Crippen LogP) is 6.51. The Labute approximate surface area is 199 Å². The molecule has 1 aromatic carbocycles. The summed E-state index contributed by atoms with van der Waals surface area (Å²) in [4.78, 5) is 12.9. The lowest BCUT2D eigenvalue weighted by molar-refractivity contribution is -0.129. The maximum atomic E-state index is 12.9. The van der Waals surface area contributed by atoms with Crippen molar-refractivity contribution in [3.8, 4) is 17.2 Å². The van der Waals surface area contributed by atoms with E-state index in [4.69, 9.17) is 23.7 Å². The fourth-order valence-corrected chi connectivity index (χ4v) is 3.71. The van der Waals surface area contributed by atoms with Crippen LogP contribution in [0.25, 0.3) is 0 Å². The van der Waals surface area contributed by atoms with Crippen molar-refractivity contribution < 1.29 is 28.5 Å². The van der Waals surface area contributed by atoms with Crippen molar-refractivity contribution in [1.29, 1.82) is 0 Å². The second-order valence-corrected chi connectivity index (χ2v) is 16.8. The number of benzene rings is 1. The number of esters is 1. The quantitative estimate of drug-likeness (QED) is 0.157. The molecule has 2 rings (SSSR count). The number of fused-ring (bicyclic) bond motifs is 1. The number of rotatable bonds is 11. The van der Waals surface area contributed by atoms with Gasteiger partial charge >= 0.3 is 5.97 Å². The number of carbonyl (C=O) groups is 1. The molecule has 0 spiro atoms. The third-order valence-electron chi connectivity index (χ3n) is 5.14. The molecule has 0 radical (unpaired) electrons. The van der Waals surface area contributed by atoms with E-state index in [-0.39, 0.29) is 17.9 Å². The van der Waals surface area contributed by atoms with Gasteiger partial charge in [0, 0.05) is 34.1 Å². The van der Waals surface area contributed by atoms with Crippen LogP contribution >= 0.6 is 0 Å². The smallest absolute Gasteiger partial charge is 0.345 e. The van der Waals surface area contributed by atoms with Crippen LogP contribution in [0.4, 0.5) is 0 Å². The average molecular weight is 477 g/mol. The molecule has 1 aromatic rings. The molecule has 0 fully saturated rings. The average Bonchev–Trinajstić information content (AvgIpc) is 2.66. The van der Waals surface area contributed by atoms with E-state index in [0.29, 0.717) is 23.7 Å². The highest BCUT2D eigenvalue weighted by molar-refractivity contribution is 6.76. The molecule has 1 aliphatic heterocycles. The zero-order valence-corrected chi connectivity index (χ0v) is 22.7. The summed E-state index contributed by atoms with van der Waals surface area (Å²) in [7, 11) is -1.25. The molecule has 0 saturated heterocycles. The Morgan fingerprint density at radius 3 is 2.06 bits per heavy atom. The normalized spacial score (nSPS) is 15.7. The third kappa shape index (κ3) is 7.37. The molecule has 1 heterocycles. The maximum absolute atomic E-state index is 12.9. The van der Waals surface area contributed by atoms with Crippen molar-refractivity contribution >= 4 is 14.0 Å². The monoisotopic (exact) mass is 476 g/mol. The molecule has 0 amide bonds. The van der Waals surface area contributed by atoms with Crippen molar-refractivity contribution in [2.45, 2.75) is 90.8 Å². The fourth-order valence-electron chi connectivity index (χ4n) is 2.96. The van der Waals surface area contributed by atoms with Crippen molar-refractivity contribution in [1.82, 2.24) is 0 Å². The van der Waals surface area contributed by atoms with Gasteiger partial charge in [0.15, 0.2) is 11.5 Å². The van der Waals surface area contributed by atoms with Crippen molar-refractivity contribution in [2.24, 2.45) is 0 Å². The lowest BCUT2D eigenvalue weighted by atomic mass is 10.0. The first-order valence-electron chi connectivity index (χ1n) is 11.3. The largest absolute Gasteiger partial charge is 0.479 e. The fraction of sp³-hybridized carbons (Fsp3) is 0.577. The first kappa shape index (κ1) is 27.0. The number of hydrogen-bond donors (Lipinski definition) is 0. The first-order valence-corrected chi connectivity index (χ1v) is 15.0. The van der Waals surface area contributed by atoms with E-state index in [0.717, 1.165) is 6.04 Å². The summed E-state index contributed by atoms with van der Waals surface area (Å²) in [6.45, 7) is 26.4. The molecular weight excluding hydrogens is 436 g/mol. The van der Waals surface area contributed by atoms with Crippen molar-refractivity contribution in [3.63, 3.8) is 0 Å². The Bertz CT molecular complexity index is 908. The molecule has 0 unspecified atom stereocenters. The molecule has 33 heavy (non-hydrogen) atoms. The van der Waals surface area contributed by atoms with Gasteiger partial charge in [-0.1, -0.05) is 32.8 Å². The molecule has 0 aliphatic carbocycles. The Morgan fingerprint density at radius 1 is 1.00 bits per heavy atom. The van der Waals surface area contributed by atoms with Gasteiger partial charge in [0.25, 0.3) is 0 Å². The van der Waals surface area contributed by atoms with E-state index >= 15 is 0 Å². The van der Waals surface area contributed by atoms with Crippen LogP contribution in [0.3, 0.4) is 0 Å². The summed E-state index contributed by atoms with van der Waals surface area (Å²) >= 11 is 0. The second-order valence-electron chi connectivity index (χ2n) is 11.1. The molecule has 0 aromatic heterocycles. The number of carbonyl (C=O) groups excluding carboxylic acids is 1. The molecule has 184 valence electrons. The van der Waals surface area contributed by atoms with Gasteiger partial charge in [-0.15, -0.1) is 0 Å². The molecule has 1 aliphatic rings. The Kier molecular flexibility index (Phi) is 7.81. The minimum Gasteiger partial charge on any atom is -0.479 e. The maximum Gasteiger partial charge on any atom is 0.345 e. The Hall–Kier alpha value is -2.25. The van der Waals surface area contributed by atoms with E-state index in [2.05, 4.69) is 32.8 Å². The van der Waals surface area contributed by atoms with Crippen LogP contribution < -0.4 is 14.2 Å². The summed E-state index contributed by atoms with van der Waals surface area (Å²) in [6.07, 6.45) is 3.40. The first-order chi connectivity index (χ1) is 15.0. The van der Waals surface area contributed by atoms with Crippen LogP contribution in [0.1, 0.15) is 57.5 Å². The van der Waals surface area contributed by atoms with Gasteiger partial charge in [-0.25, -0.2) is 4.79 Å².